The molecule has 5 heteroatoms. The third-order valence-electron chi connectivity index (χ3n) is 1.76. The minimum Gasteiger partial charge on any atom is -0.350 e. The zero-order valence-corrected chi connectivity index (χ0v) is 8.56. The van der Waals surface area contributed by atoms with Crippen LogP contribution in [-0.2, 0) is 0 Å². The first-order chi connectivity index (χ1) is 7.00. The van der Waals surface area contributed by atoms with Crippen molar-refractivity contribution in [2.24, 2.45) is 0 Å². The molecule has 0 saturated heterocycles. The Morgan fingerprint density at radius 2 is 1.87 bits per heavy atom. The molecule has 0 spiro atoms. The van der Waals surface area contributed by atoms with E-state index in [1.807, 2.05) is 13.8 Å². The van der Waals surface area contributed by atoms with Gasteiger partial charge in [-0.25, -0.2) is 0 Å². The van der Waals surface area contributed by atoms with E-state index in [-0.39, 0.29) is 17.6 Å². The summed E-state index contributed by atoms with van der Waals surface area (Å²) >= 11 is 0. The van der Waals surface area contributed by atoms with E-state index in [0.717, 1.165) is 0 Å². The van der Waals surface area contributed by atoms with Crippen molar-refractivity contribution in [3.8, 4) is 0 Å². The first-order valence-electron chi connectivity index (χ1n) is 4.56. The Bertz CT molecular complexity index is 371. The molecule has 0 saturated carbocycles. The average molecular weight is 208 g/mol. The number of benzene rings is 1. The van der Waals surface area contributed by atoms with Crippen molar-refractivity contribution in [1.82, 2.24) is 5.32 Å². The Labute approximate surface area is 87.3 Å². The third-order valence-corrected chi connectivity index (χ3v) is 1.76. The van der Waals surface area contributed by atoms with E-state index in [1.54, 1.807) is 0 Å². The molecule has 1 amide bonds. The summed E-state index contributed by atoms with van der Waals surface area (Å²) in [5, 5.41) is 13.1. The largest absolute Gasteiger partial charge is 0.350 e. The van der Waals surface area contributed by atoms with Crippen LogP contribution < -0.4 is 5.32 Å². The van der Waals surface area contributed by atoms with Gasteiger partial charge in [0.2, 0.25) is 0 Å². The number of non-ortho nitro benzene ring substituents is 1. The number of nitrogens with one attached hydrogen (secondary N) is 1. The predicted molar refractivity (Wildman–Crippen MR) is 55.7 cm³/mol. The minimum atomic E-state index is -0.496. The fourth-order valence-corrected chi connectivity index (χ4v) is 1.08. The van der Waals surface area contributed by atoms with Gasteiger partial charge in [-0.2, -0.15) is 0 Å². The zero-order chi connectivity index (χ0) is 11.4. The van der Waals surface area contributed by atoms with Crippen molar-refractivity contribution in [2.75, 3.05) is 0 Å². The molecule has 1 aromatic rings. The molecular weight excluding hydrogens is 196 g/mol. The highest BCUT2D eigenvalue weighted by molar-refractivity contribution is 5.94. The molecule has 0 bridgehead atoms. The molecule has 80 valence electrons. The summed E-state index contributed by atoms with van der Waals surface area (Å²) in [4.78, 5) is 21.3. The molecule has 0 unspecified atom stereocenters. The number of amides is 1. The smallest absolute Gasteiger partial charge is 0.269 e. The molecule has 15 heavy (non-hydrogen) atoms. The maximum Gasteiger partial charge on any atom is 0.269 e. The Kier molecular flexibility index (Phi) is 3.38. The second-order valence-corrected chi connectivity index (χ2v) is 3.43. The van der Waals surface area contributed by atoms with Gasteiger partial charge in [0, 0.05) is 23.7 Å². The second-order valence-electron chi connectivity index (χ2n) is 3.43. The number of nitrogens with zero attached hydrogens (tertiary/aromatic N) is 1. The standard InChI is InChI=1S/C10H12N2O3/c1-7(2)11-10(13)8-3-5-9(6-4-8)12(14)15/h3-7H,1-2H3,(H,11,13). The quantitative estimate of drug-likeness (QED) is 0.607. The van der Waals surface area contributed by atoms with Crippen LogP contribution in [0, 0.1) is 10.1 Å². The normalized spacial score (nSPS) is 10.1. The third kappa shape index (κ3) is 3.05. The summed E-state index contributed by atoms with van der Waals surface area (Å²) in [6.45, 7) is 3.70. The highest BCUT2D eigenvalue weighted by Crippen LogP contribution is 2.11. The van der Waals surface area contributed by atoms with E-state index in [2.05, 4.69) is 5.32 Å². The van der Waals surface area contributed by atoms with Crippen molar-refractivity contribution < 1.29 is 9.72 Å². The SMILES string of the molecule is CC(C)NC(=O)c1ccc([N+](=O)[O-])cc1. The number of carbonyl (C=O) groups excluding carboxylic acids is 1. The fourth-order valence-electron chi connectivity index (χ4n) is 1.08. The summed E-state index contributed by atoms with van der Waals surface area (Å²) in [6, 6.07) is 5.56. The number of rotatable bonds is 3. The highest BCUT2D eigenvalue weighted by Gasteiger charge is 2.09. The van der Waals surface area contributed by atoms with Gasteiger partial charge in [0.1, 0.15) is 0 Å². The molecule has 0 aromatic heterocycles. The van der Waals surface area contributed by atoms with Gasteiger partial charge in [0.05, 0.1) is 4.92 Å². The van der Waals surface area contributed by atoms with Gasteiger partial charge in [0.15, 0.2) is 0 Å². The van der Waals surface area contributed by atoms with Gasteiger partial charge >= 0.3 is 0 Å². The Morgan fingerprint density at radius 3 is 2.27 bits per heavy atom. The van der Waals surface area contributed by atoms with Gasteiger partial charge in [-0.05, 0) is 26.0 Å². The van der Waals surface area contributed by atoms with E-state index in [4.69, 9.17) is 0 Å². The maximum absolute atomic E-state index is 11.5. The van der Waals surface area contributed by atoms with Crippen molar-refractivity contribution in [3.63, 3.8) is 0 Å². The Morgan fingerprint density at radius 1 is 1.33 bits per heavy atom. The zero-order valence-electron chi connectivity index (χ0n) is 8.56. The van der Waals surface area contributed by atoms with Gasteiger partial charge in [-0.15, -0.1) is 0 Å². The molecular formula is C10H12N2O3. The molecule has 0 aliphatic heterocycles. The second kappa shape index (κ2) is 4.54. The van der Waals surface area contributed by atoms with E-state index in [9.17, 15) is 14.9 Å². The van der Waals surface area contributed by atoms with E-state index in [0.29, 0.717) is 5.56 Å². The van der Waals surface area contributed by atoms with Crippen molar-refractivity contribution >= 4 is 11.6 Å². The lowest BCUT2D eigenvalue weighted by atomic mass is 10.2. The molecule has 1 rings (SSSR count). The predicted octanol–water partition coefficient (Wildman–Crippen LogP) is 1.73. The first kappa shape index (κ1) is 11.2. The molecule has 0 aliphatic rings. The van der Waals surface area contributed by atoms with E-state index >= 15 is 0 Å². The van der Waals surface area contributed by atoms with Crippen LogP contribution in [0.15, 0.2) is 24.3 Å². The van der Waals surface area contributed by atoms with Crippen LogP contribution in [0.5, 0.6) is 0 Å². The van der Waals surface area contributed by atoms with Gasteiger partial charge in [-0.1, -0.05) is 0 Å². The molecule has 0 aliphatic carbocycles. The molecule has 0 atom stereocenters. The van der Waals surface area contributed by atoms with Crippen molar-refractivity contribution in [2.45, 2.75) is 19.9 Å². The summed E-state index contributed by atoms with van der Waals surface area (Å²) in [5.74, 6) is -0.222. The summed E-state index contributed by atoms with van der Waals surface area (Å²) in [6.07, 6.45) is 0. The van der Waals surface area contributed by atoms with Crippen LogP contribution in [0.4, 0.5) is 5.69 Å². The van der Waals surface area contributed by atoms with Crippen LogP contribution in [0.2, 0.25) is 0 Å². The van der Waals surface area contributed by atoms with Gasteiger partial charge in [0.25, 0.3) is 11.6 Å². The molecule has 1 N–H and O–H groups in total. The van der Waals surface area contributed by atoms with Gasteiger partial charge in [-0.3, -0.25) is 14.9 Å². The molecule has 1 aromatic carbocycles. The minimum absolute atomic E-state index is 0.0175. The topological polar surface area (TPSA) is 72.2 Å². The Balaban J connectivity index is 2.80. The number of nitro benzene ring substituents is 1. The summed E-state index contributed by atoms with van der Waals surface area (Å²) < 4.78 is 0. The monoisotopic (exact) mass is 208 g/mol. The van der Waals surface area contributed by atoms with Crippen LogP contribution >= 0.6 is 0 Å². The lowest BCUT2D eigenvalue weighted by Crippen LogP contribution is -2.29. The van der Waals surface area contributed by atoms with E-state index in [1.165, 1.54) is 24.3 Å². The van der Waals surface area contributed by atoms with Crippen molar-refractivity contribution in [1.29, 1.82) is 0 Å². The lowest BCUT2D eigenvalue weighted by molar-refractivity contribution is -0.384. The number of carbonyl (C=O) groups is 1. The maximum atomic E-state index is 11.5. The fraction of sp³-hybridized carbons (Fsp3) is 0.300. The van der Waals surface area contributed by atoms with Gasteiger partial charge < -0.3 is 5.32 Å². The summed E-state index contributed by atoms with van der Waals surface area (Å²) in [7, 11) is 0. The molecule has 0 radical (unpaired) electrons. The average Bonchev–Trinajstić information content (AvgIpc) is 2.17. The molecule has 5 nitrogen and oxygen atoms in total. The number of hydrogen-bond donors (Lipinski definition) is 1. The van der Waals surface area contributed by atoms with Crippen LogP contribution in [0.25, 0.3) is 0 Å². The summed E-state index contributed by atoms with van der Waals surface area (Å²) in [5.41, 5.74) is 0.408. The highest BCUT2D eigenvalue weighted by atomic mass is 16.6. The van der Waals surface area contributed by atoms with Crippen LogP contribution in [0.1, 0.15) is 24.2 Å². The molecule has 0 heterocycles. The lowest BCUT2D eigenvalue weighted by Gasteiger charge is -2.07. The van der Waals surface area contributed by atoms with Crippen LogP contribution in [0.3, 0.4) is 0 Å². The van der Waals surface area contributed by atoms with E-state index < -0.39 is 4.92 Å². The van der Waals surface area contributed by atoms with Crippen molar-refractivity contribution in [3.05, 3.63) is 39.9 Å². The first-order valence-corrected chi connectivity index (χ1v) is 4.56. The molecule has 0 fully saturated rings. The Hall–Kier alpha value is -1.91. The number of nitro groups is 1. The number of hydrogen-bond acceptors (Lipinski definition) is 3. The van der Waals surface area contributed by atoms with Crippen LogP contribution in [-0.4, -0.2) is 16.9 Å².